The van der Waals surface area contributed by atoms with Gasteiger partial charge in [-0.25, -0.2) is 4.98 Å². The summed E-state index contributed by atoms with van der Waals surface area (Å²) in [5.41, 5.74) is 20.2. The van der Waals surface area contributed by atoms with E-state index in [1.807, 2.05) is 0 Å². The van der Waals surface area contributed by atoms with Crippen molar-refractivity contribution in [2.24, 2.45) is 0 Å². The van der Waals surface area contributed by atoms with Crippen LogP contribution in [0.4, 0.5) is 0 Å². The highest BCUT2D eigenvalue weighted by Crippen LogP contribution is 2.42. The fraction of sp³-hybridized carbons (Fsp3) is 0. The number of rotatable bonds is 4. The topological polar surface area (TPSA) is 17.8 Å². The Morgan fingerprint density at radius 1 is 0.367 bits per heavy atom. The van der Waals surface area contributed by atoms with Gasteiger partial charge < -0.3 is 0 Å². The Morgan fingerprint density at radius 2 is 0.776 bits per heavy atom. The van der Waals surface area contributed by atoms with Crippen molar-refractivity contribution in [3.8, 4) is 39.3 Å². The van der Waals surface area contributed by atoms with Gasteiger partial charge in [0.1, 0.15) is 68.6 Å². The van der Waals surface area contributed by atoms with Crippen LogP contribution >= 0.6 is 0 Å². The minimum atomic E-state index is 0.991. The van der Waals surface area contributed by atoms with Gasteiger partial charge >= 0.3 is 0 Å². The molecule has 1 heterocycles. The van der Waals surface area contributed by atoms with Crippen LogP contribution in [-0.2, 0) is 0 Å². The molecule has 0 N–H and O–H groups in total. The molecule has 0 aliphatic rings. The molecule has 7 aromatic carbocycles. The lowest BCUT2D eigenvalue weighted by atomic mass is 9.59. The number of nitrogens with zero attached hydrogens (tertiary/aromatic N) is 2. The molecular formula is C39H34B8N2. The molecule has 0 spiro atoms. The summed E-state index contributed by atoms with van der Waals surface area (Å²) in [6, 6.07) is 39.2. The van der Waals surface area contributed by atoms with Crippen LogP contribution in [-0.4, -0.2) is 72.3 Å². The third-order valence-corrected chi connectivity index (χ3v) is 11.5. The van der Waals surface area contributed by atoms with Crippen LogP contribution in [0.1, 0.15) is 0 Å². The van der Waals surface area contributed by atoms with E-state index >= 15 is 0 Å². The van der Waals surface area contributed by atoms with E-state index in [9.17, 15) is 0 Å². The van der Waals surface area contributed by atoms with Gasteiger partial charge in [-0.05, 0) is 68.1 Å². The quantitative estimate of drug-likeness (QED) is 0.148. The molecule has 10 heteroatoms. The van der Waals surface area contributed by atoms with E-state index in [0.717, 1.165) is 22.5 Å². The molecule has 1 aromatic heterocycles. The molecule has 224 valence electrons. The van der Waals surface area contributed by atoms with Gasteiger partial charge in [-0.2, -0.15) is 0 Å². The van der Waals surface area contributed by atoms with E-state index in [4.69, 9.17) is 4.98 Å². The maximum atomic E-state index is 5.52. The summed E-state index contributed by atoms with van der Waals surface area (Å²) in [6.45, 7) is 0. The van der Waals surface area contributed by atoms with Crippen molar-refractivity contribution in [3.05, 3.63) is 109 Å². The minimum Gasteiger partial charge on any atom is -0.292 e. The Hall–Kier alpha value is -4.95. The number of hydrogen-bond donors (Lipinski definition) is 0. The summed E-state index contributed by atoms with van der Waals surface area (Å²) in [7, 11) is 18.5. The van der Waals surface area contributed by atoms with E-state index in [0.29, 0.717) is 0 Å². The third-order valence-electron chi connectivity index (χ3n) is 11.5. The first kappa shape index (κ1) is 31.3. The van der Waals surface area contributed by atoms with Crippen LogP contribution in [0.5, 0.6) is 0 Å². The van der Waals surface area contributed by atoms with Crippen LogP contribution in [0, 0.1) is 0 Å². The standard InChI is InChI=1S/C39H34B8N2/c40-31-26-25(21-17-15-20(16-18-21)19-9-3-1-4-10-19)27-29(34(43)38(47)36(45)32(27)41)30(28(26)33(42)37(46)35(31)44)39-48-23-13-7-8-14-24(23)49(39)22-11-5-2-6-12-22/h1-18H,40-47H2. The molecule has 49 heavy (non-hydrogen) atoms. The summed E-state index contributed by atoms with van der Waals surface area (Å²) < 4.78 is 2.38. The molecule has 0 aliphatic heterocycles. The van der Waals surface area contributed by atoms with Gasteiger partial charge in [0.25, 0.3) is 0 Å². The van der Waals surface area contributed by atoms with Crippen LogP contribution in [0.15, 0.2) is 109 Å². The fourth-order valence-electron chi connectivity index (χ4n) is 8.13. The zero-order chi connectivity index (χ0) is 34.1. The van der Waals surface area contributed by atoms with E-state index in [2.05, 4.69) is 177 Å². The van der Waals surface area contributed by atoms with Crippen molar-refractivity contribution in [3.63, 3.8) is 0 Å². The van der Waals surface area contributed by atoms with E-state index < -0.39 is 0 Å². The number of imidazole rings is 1. The molecule has 0 atom stereocenters. The molecule has 0 aliphatic carbocycles. The average molecular weight is 617 g/mol. The first-order valence-corrected chi connectivity index (χ1v) is 17.3. The summed E-state index contributed by atoms with van der Waals surface area (Å²) in [6.07, 6.45) is 0. The number of aromatic nitrogens is 2. The molecule has 0 radical (unpaired) electrons. The van der Waals surface area contributed by atoms with Crippen molar-refractivity contribution in [2.75, 3.05) is 0 Å². The first-order valence-electron chi connectivity index (χ1n) is 17.3. The highest BCUT2D eigenvalue weighted by Gasteiger charge is 2.28. The van der Waals surface area contributed by atoms with Crippen molar-refractivity contribution in [2.45, 2.75) is 0 Å². The number of fused-ring (bicyclic) bond motifs is 3. The van der Waals surface area contributed by atoms with Crippen molar-refractivity contribution in [1.82, 2.24) is 9.55 Å². The largest absolute Gasteiger partial charge is 0.292 e. The zero-order valence-electron chi connectivity index (χ0n) is 29.8. The lowest BCUT2D eigenvalue weighted by Crippen LogP contribution is -2.50. The maximum Gasteiger partial charge on any atom is 0.146 e. The average Bonchev–Trinajstić information content (AvgIpc) is 3.53. The van der Waals surface area contributed by atoms with E-state index in [1.165, 1.54) is 93.1 Å². The maximum absolute atomic E-state index is 5.52. The Morgan fingerprint density at radius 3 is 1.31 bits per heavy atom. The summed E-state index contributed by atoms with van der Waals surface area (Å²) in [5.74, 6) is 0.991. The predicted octanol–water partition coefficient (Wildman–Crippen LogP) is -3.60. The summed E-state index contributed by atoms with van der Waals surface area (Å²) in [5, 5.41) is 5.25. The van der Waals surface area contributed by atoms with Gasteiger partial charge in [0.05, 0.1) is 11.0 Å². The van der Waals surface area contributed by atoms with Crippen molar-refractivity contribution in [1.29, 1.82) is 0 Å². The SMILES string of the molecule is Bc1c(B)c(B)c2c(-c3nc4ccccc4n3-c3ccccc3)c3c(B)c(B)c(B)c(B)c3c(-c3ccc(-c4ccccc4)cc3)c2c1B. The molecule has 8 aromatic rings. The van der Waals surface area contributed by atoms with Gasteiger partial charge in [0.15, 0.2) is 0 Å². The summed E-state index contributed by atoms with van der Waals surface area (Å²) in [4.78, 5) is 5.52. The Balaban J connectivity index is 1.62. The van der Waals surface area contributed by atoms with Gasteiger partial charge in [-0.15, -0.1) is 21.9 Å². The molecule has 0 saturated heterocycles. The van der Waals surface area contributed by atoms with Gasteiger partial charge in [-0.3, -0.25) is 4.57 Å². The number of hydrogen-bond acceptors (Lipinski definition) is 1. The second-order valence-electron chi connectivity index (χ2n) is 13.8. The monoisotopic (exact) mass is 618 g/mol. The van der Waals surface area contributed by atoms with Crippen molar-refractivity contribution >= 4 is 139 Å². The van der Waals surface area contributed by atoms with E-state index in [1.54, 1.807) is 0 Å². The van der Waals surface area contributed by atoms with Crippen LogP contribution in [0.2, 0.25) is 0 Å². The molecule has 0 bridgehead atoms. The summed E-state index contributed by atoms with van der Waals surface area (Å²) >= 11 is 0. The molecule has 0 fully saturated rings. The van der Waals surface area contributed by atoms with E-state index in [-0.39, 0.29) is 0 Å². The fourth-order valence-corrected chi connectivity index (χ4v) is 8.13. The second-order valence-corrected chi connectivity index (χ2v) is 13.8. The molecule has 0 amide bonds. The van der Waals surface area contributed by atoms with Gasteiger partial charge in [0.2, 0.25) is 0 Å². The van der Waals surface area contributed by atoms with Gasteiger partial charge in [0, 0.05) is 11.3 Å². The molecule has 8 rings (SSSR count). The lowest BCUT2D eigenvalue weighted by Gasteiger charge is -2.28. The zero-order valence-corrected chi connectivity index (χ0v) is 29.8. The lowest BCUT2D eigenvalue weighted by molar-refractivity contribution is 1.11. The van der Waals surface area contributed by atoms with Gasteiger partial charge in [-0.1, -0.05) is 107 Å². The molecule has 0 unspecified atom stereocenters. The molecule has 2 nitrogen and oxygen atoms in total. The predicted molar refractivity (Wildman–Crippen MR) is 238 cm³/mol. The van der Waals surface area contributed by atoms with Crippen LogP contribution in [0.3, 0.4) is 0 Å². The number of para-hydroxylation sites is 3. The second kappa shape index (κ2) is 11.9. The first-order chi connectivity index (χ1) is 23.7. The third kappa shape index (κ3) is 4.71. The molecular weight excluding hydrogens is 583 g/mol. The minimum absolute atomic E-state index is 0.991. The number of benzene rings is 7. The molecule has 0 saturated carbocycles. The normalized spacial score (nSPS) is 11.5. The highest BCUT2D eigenvalue weighted by atomic mass is 15.1. The Bertz CT molecular complexity index is 2540. The highest BCUT2D eigenvalue weighted by molar-refractivity contribution is 6.71. The van der Waals surface area contributed by atoms with Crippen molar-refractivity contribution < 1.29 is 0 Å². The smallest absolute Gasteiger partial charge is 0.146 e. The Kier molecular flexibility index (Phi) is 7.59. The van der Waals surface area contributed by atoms with Crippen LogP contribution in [0.25, 0.3) is 71.9 Å². The Labute approximate surface area is 296 Å². The van der Waals surface area contributed by atoms with Crippen LogP contribution < -0.4 is 43.7 Å².